The van der Waals surface area contributed by atoms with Gasteiger partial charge in [0.25, 0.3) is 0 Å². The van der Waals surface area contributed by atoms with E-state index in [9.17, 15) is 13.2 Å². The molecule has 0 aromatic heterocycles. The van der Waals surface area contributed by atoms with Crippen LogP contribution in [0.25, 0.3) is 16.0 Å². The van der Waals surface area contributed by atoms with Crippen LogP contribution in [0.3, 0.4) is 0 Å². The number of aryl methyl sites for hydroxylation is 9. The van der Waals surface area contributed by atoms with Crippen molar-refractivity contribution in [2.75, 3.05) is 0 Å². The van der Waals surface area contributed by atoms with E-state index in [0.29, 0.717) is 19.6 Å². The summed E-state index contributed by atoms with van der Waals surface area (Å²) < 4.78 is 58.9. The Labute approximate surface area is 488 Å². The van der Waals surface area contributed by atoms with Crippen LogP contribution in [0, 0.1) is 62.3 Å². The Morgan fingerprint density at radius 1 is 0.354 bits per heavy atom. The number of rotatable bonds is 12. The van der Waals surface area contributed by atoms with E-state index >= 15 is 0 Å². The Hall–Kier alpha value is -6.61. The molecule has 0 aliphatic rings. The summed E-state index contributed by atoms with van der Waals surface area (Å²) in [6.07, 6.45) is 0. The molecule has 0 atom stereocenters. The molecule has 0 heterocycles. The zero-order valence-corrected chi connectivity index (χ0v) is 50.8. The number of halogens is 3. The van der Waals surface area contributed by atoms with Gasteiger partial charge in [-0.05, 0) is 97.2 Å². The fourth-order valence-corrected chi connectivity index (χ4v) is 11.5. The Bertz CT molecular complexity index is 3000. The van der Waals surface area contributed by atoms with Crippen molar-refractivity contribution >= 4 is 51.0 Å². The van der Waals surface area contributed by atoms with Gasteiger partial charge in [0.05, 0.1) is 7.92 Å². The van der Waals surface area contributed by atoms with Crippen molar-refractivity contribution in [2.24, 2.45) is 0 Å². The van der Waals surface area contributed by atoms with Gasteiger partial charge in [0.15, 0.2) is 10.1 Å². The molecule has 12 heteroatoms. The first kappa shape index (κ1) is 64.9. The molecule has 0 bridgehead atoms. The quantitative estimate of drug-likeness (QED) is 0.0692. The molecule has 9 rings (SSSR count). The average Bonchev–Trinajstić information content (AvgIpc) is 3.53. The predicted molar refractivity (Wildman–Crippen MR) is 324 cm³/mol. The van der Waals surface area contributed by atoms with Crippen molar-refractivity contribution in [2.45, 2.75) is 87.5 Å². The van der Waals surface area contributed by atoms with E-state index in [1.165, 1.54) is 82.7 Å². The van der Waals surface area contributed by atoms with Gasteiger partial charge in [-0.2, -0.15) is 13.2 Å². The van der Waals surface area contributed by atoms with Crippen molar-refractivity contribution in [3.05, 3.63) is 301 Å². The smallest absolute Gasteiger partial charge is 0.741 e. The minimum absolute atomic E-state index is 0. The van der Waals surface area contributed by atoms with E-state index < -0.39 is 23.5 Å². The number of nitrogens with zero attached hydrogens (tertiary/aromatic N) is 3. The first-order valence-corrected chi connectivity index (χ1v) is 28.5. The normalized spacial score (nSPS) is 10.6. The Morgan fingerprint density at radius 3 is 0.747 bits per heavy atom. The topological polar surface area (TPSA) is 99.5 Å². The van der Waals surface area contributed by atoms with Crippen LogP contribution >= 0.6 is 7.92 Å². The second kappa shape index (κ2) is 32.5. The summed E-state index contributed by atoms with van der Waals surface area (Å²) in [6, 6.07) is 77.2. The maximum absolute atomic E-state index is 10.7. The molecule has 0 unspecified atom stereocenters. The van der Waals surface area contributed by atoms with Gasteiger partial charge < -0.3 is 20.5 Å². The van der Waals surface area contributed by atoms with Crippen LogP contribution in [0.2, 0.25) is 0 Å². The summed E-state index contributed by atoms with van der Waals surface area (Å²) in [4.78, 5) is 0. The Morgan fingerprint density at radius 2 is 0.557 bits per heavy atom. The van der Waals surface area contributed by atoms with Gasteiger partial charge in [-0.15, -0.1) is 36.7 Å². The van der Waals surface area contributed by atoms with Gasteiger partial charge in [0.2, 0.25) is 0 Å². The molecule has 0 amide bonds. The Kier molecular flexibility index (Phi) is 26.7. The third-order valence-electron chi connectivity index (χ3n) is 11.9. The van der Waals surface area contributed by atoms with Crippen molar-refractivity contribution in [3.8, 4) is 0 Å². The molecular weight excluding hydrogens is 1110 g/mol. The van der Waals surface area contributed by atoms with Crippen molar-refractivity contribution in [3.63, 3.8) is 0 Å². The van der Waals surface area contributed by atoms with Gasteiger partial charge >= 0.3 is 31.7 Å². The van der Waals surface area contributed by atoms with E-state index in [0.717, 1.165) is 17.1 Å². The van der Waals surface area contributed by atoms with E-state index in [1.54, 1.807) is 0 Å². The van der Waals surface area contributed by atoms with Crippen LogP contribution in [-0.2, 0) is 56.0 Å². The zero-order chi connectivity index (χ0) is 56.7. The van der Waals surface area contributed by atoms with E-state index in [2.05, 4.69) is 226 Å². The molecule has 9 aromatic rings. The zero-order valence-electron chi connectivity index (χ0n) is 46.5. The Balaban J connectivity index is 0.000000359. The number of alkyl halides is 3. The standard InChI is InChI=1S/C45H45N3P.3C7H8.CHF3O3S.Zr/c1-31-19-32(2)23-40(22-31)46-28-37-13-7-10-16-43(37)49(44-17-11-8-14-38(44)29-47-41-24-33(3)20-34(4)25-41)45-18-12-9-15-39(45)30-48-42-26-35(5)21-36(6)27-42;3*1-7-5-3-2-4-6-7;2-1(3,4)8(5,6)7;/h7-27H,28-30H2,1-6H3;3*2-6H,1H3;(H,5,6,7);/q-3;;;;;+4. The molecule has 0 saturated carbocycles. The fraction of sp³-hybridized carbons (Fsp3) is 0.194. The molecule has 0 aliphatic heterocycles. The van der Waals surface area contributed by atoms with Crippen LogP contribution in [-0.4, -0.2) is 18.5 Å². The van der Waals surface area contributed by atoms with Gasteiger partial charge in [0.1, 0.15) is 15.9 Å². The molecule has 0 fully saturated rings. The minimum atomic E-state index is -6.09. The second-order valence-corrected chi connectivity index (χ2v) is 22.9. The molecule has 9 aromatic carbocycles. The van der Waals surface area contributed by atoms with Crippen LogP contribution in [0.4, 0.5) is 30.2 Å². The van der Waals surface area contributed by atoms with E-state index in [-0.39, 0.29) is 26.2 Å². The molecular formula is C67H70F3N3O3PSZr+. The van der Waals surface area contributed by atoms with Gasteiger partial charge in [-0.25, -0.2) is 8.42 Å². The van der Waals surface area contributed by atoms with Crippen molar-refractivity contribution in [1.29, 1.82) is 0 Å². The second-order valence-electron chi connectivity index (χ2n) is 19.2. The fourth-order valence-electron chi connectivity index (χ4n) is 8.40. The monoisotopic (exact) mass is 1170 g/mol. The maximum Gasteiger partial charge on any atom is 4.00 e. The van der Waals surface area contributed by atoms with Crippen LogP contribution in [0.15, 0.2) is 218 Å². The molecule has 0 N–H and O–H groups in total. The third kappa shape index (κ3) is 22.9. The van der Waals surface area contributed by atoms with E-state index in [4.69, 9.17) is 28.9 Å². The van der Waals surface area contributed by atoms with Gasteiger partial charge in [-0.3, -0.25) is 0 Å². The van der Waals surface area contributed by atoms with Gasteiger partial charge in [-0.1, -0.05) is 250 Å². The average molecular weight is 1180 g/mol. The summed E-state index contributed by atoms with van der Waals surface area (Å²) >= 11 is 0. The molecule has 406 valence electrons. The van der Waals surface area contributed by atoms with Crippen LogP contribution in [0.5, 0.6) is 0 Å². The first-order valence-electron chi connectivity index (χ1n) is 25.6. The van der Waals surface area contributed by atoms with Gasteiger partial charge in [0, 0.05) is 0 Å². The summed E-state index contributed by atoms with van der Waals surface area (Å²) in [5.74, 6) is 0. The SMILES string of the molecule is Cc1cc(C)cc([N-]Cc2ccccc2[PH+](c2ccccc2C[N-]c2cc(C)cc(C)c2)c2ccccc2C[N-]c2cc(C)cc(C)c2)c1.Cc1ccccc1.Cc1ccccc1.Cc1ccccc1.O=S(=O)([O-])C(F)(F)F.[Zr+4]. The number of hydrogen-bond donors (Lipinski definition) is 0. The molecule has 6 nitrogen and oxygen atoms in total. The molecule has 0 spiro atoms. The minimum Gasteiger partial charge on any atom is -0.741 e. The summed E-state index contributed by atoms with van der Waals surface area (Å²) in [5, 5.41) is 19.5. The van der Waals surface area contributed by atoms with Crippen molar-refractivity contribution in [1.82, 2.24) is 0 Å². The predicted octanol–water partition coefficient (Wildman–Crippen LogP) is 17.7. The first-order chi connectivity index (χ1) is 37.1. The van der Waals surface area contributed by atoms with Crippen molar-refractivity contribution < 1.29 is 52.3 Å². The summed E-state index contributed by atoms with van der Waals surface area (Å²) in [6.45, 7) is 21.0. The number of benzene rings is 9. The largest absolute Gasteiger partial charge is 4.00 e. The molecule has 0 radical (unpaired) electrons. The molecule has 0 saturated heterocycles. The van der Waals surface area contributed by atoms with Crippen LogP contribution < -0.4 is 15.9 Å². The molecule has 0 aliphatic carbocycles. The molecule has 79 heavy (non-hydrogen) atoms. The third-order valence-corrected chi connectivity index (χ3v) is 15.5. The summed E-state index contributed by atoms with van der Waals surface area (Å²) in [5.41, 5.74) is 12.6. The van der Waals surface area contributed by atoms with Crippen LogP contribution in [0.1, 0.15) is 66.8 Å². The summed E-state index contributed by atoms with van der Waals surface area (Å²) in [7, 11) is -7.60. The number of hydrogen-bond acceptors (Lipinski definition) is 3. The van der Waals surface area contributed by atoms with E-state index in [1.807, 2.05) is 54.6 Å². The maximum atomic E-state index is 10.7.